The van der Waals surface area contributed by atoms with Crippen molar-refractivity contribution in [3.63, 3.8) is 0 Å². The zero-order valence-corrected chi connectivity index (χ0v) is 17.3. The van der Waals surface area contributed by atoms with Crippen LogP contribution in [0.15, 0.2) is 30.3 Å². The van der Waals surface area contributed by atoms with E-state index in [0.29, 0.717) is 32.5 Å². The quantitative estimate of drug-likeness (QED) is 0.760. The SMILES string of the molecule is CC(C)(C)OC(=O)N1CC=C(c2cccc(NCC3CCC(=O)NC3=O)c2)CC1. The van der Waals surface area contributed by atoms with E-state index < -0.39 is 5.60 Å². The van der Waals surface area contributed by atoms with Gasteiger partial charge in [-0.2, -0.15) is 0 Å². The predicted octanol–water partition coefficient (Wildman–Crippen LogP) is 3.18. The van der Waals surface area contributed by atoms with Gasteiger partial charge in [-0.1, -0.05) is 18.2 Å². The van der Waals surface area contributed by atoms with Crippen molar-refractivity contribution in [2.24, 2.45) is 5.92 Å². The molecule has 156 valence electrons. The van der Waals surface area contributed by atoms with Crippen LogP contribution >= 0.6 is 0 Å². The van der Waals surface area contributed by atoms with Crippen molar-refractivity contribution in [1.82, 2.24) is 10.2 Å². The number of rotatable bonds is 4. The Kier molecular flexibility index (Phi) is 6.25. The van der Waals surface area contributed by atoms with Crippen molar-refractivity contribution in [2.45, 2.75) is 45.6 Å². The molecule has 2 N–H and O–H groups in total. The smallest absolute Gasteiger partial charge is 0.410 e. The van der Waals surface area contributed by atoms with E-state index in [1.165, 1.54) is 5.57 Å². The lowest BCUT2D eigenvalue weighted by molar-refractivity contribution is -0.135. The topological polar surface area (TPSA) is 87.7 Å². The Balaban J connectivity index is 1.58. The molecule has 7 nitrogen and oxygen atoms in total. The van der Waals surface area contributed by atoms with Crippen LogP contribution in [-0.2, 0) is 14.3 Å². The van der Waals surface area contributed by atoms with Gasteiger partial charge in [-0.25, -0.2) is 4.79 Å². The van der Waals surface area contributed by atoms with Crippen molar-refractivity contribution in [1.29, 1.82) is 0 Å². The van der Waals surface area contributed by atoms with E-state index in [1.807, 2.05) is 39.0 Å². The Morgan fingerprint density at radius 1 is 1.28 bits per heavy atom. The highest BCUT2D eigenvalue weighted by Gasteiger charge is 2.26. The molecule has 2 aliphatic rings. The van der Waals surface area contributed by atoms with Gasteiger partial charge in [0, 0.05) is 31.7 Å². The van der Waals surface area contributed by atoms with Crippen molar-refractivity contribution in [3.8, 4) is 0 Å². The molecule has 0 spiro atoms. The maximum Gasteiger partial charge on any atom is 0.410 e. The minimum Gasteiger partial charge on any atom is -0.444 e. The van der Waals surface area contributed by atoms with Gasteiger partial charge in [0.15, 0.2) is 0 Å². The van der Waals surface area contributed by atoms with E-state index in [1.54, 1.807) is 4.90 Å². The summed E-state index contributed by atoms with van der Waals surface area (Å²) in [6, 6.07) is 8.04. The number of piperidine rings is 1. The summed E-state index contributed by atoms with van der Waals surface area (Å²) in [6.45, 7) is 7.23. The zero-order chi connectivity index (χ0) is 21.0. The van der Waals surface area contributed by atoms with Gasteiger partial charge in [0.2, 0.25) is 11.8 Å². The van der Waals surface area contributed by atoms with Gasteiger partial charge in [0.25, 0.3) is 0 Å². The van der Waals surface area contributed by atoms with Crippen LogP contribution in [0.25, 0.3) is 5.57 Å². The zero-order valence-electron chi connectivity index (χ0n) is 17.3. The molecule has 29 heavy (non-hydrogen) atoms. The lowest BCUT2D eigenvalue weighted by Gasteiger charge is -2.29. The Bertz CT molecular complexity index is 826. The van der Waals surface area contributed by atoms with Crippen LogP contribution in [0, 0.1) is 5.92 Å². The number of anilines is 1. The second-order valence-corrected chi connectivity index (χ2v) is 8.52. The lowest BCUT2D eigenvalue weighted by Crippen LogP contribution is -2.43. The minimum absolute atomic E-state index is 0.196. The molecule has 0 aromatic heterocycles. The highest BCUT2D eigenvalue weighted by molar-refractivity contribution is 5.98. The Morgan fingerprint density at radius 2 is 2.07 bits per heavy atom. The fourth-order valence-electron chi connectivity index (χ4n) is 3.43. The first kappa shape index (κ1) is 20.9. The molecule has 1 saturated heterocycles. The van der Waals surface area contributed by atoms with E-state index in [2.05, 4.69) is 22.8 Å². The second-order valence-electron chi connectivity index (χ2n) is 8.52. The summed E-state index contributed by atoms with van der Waals surface area (Å²) in [5.41, 5.74) is 2.73. The molecule has 3 amide bonds. The molecule has 7 heteroatoms. The molecule has 0 bridgehead atoms. The lowest BCUT2D eigenvalue weighted by atomic mass is 9.97. The van der Waals surface area contributed by atoms with Crippen molar-refractivity contribution in [3.05, 3.63) is 35.9 Å². The molecule has 0 radical (unpaired) electrons. The van der Waals surface area contributed by atoms with E-state index in [0.717, 1.165) is 17.7 Å². The van der Waals surface area contributed by atoms with E-state index in [9.17, 15) is 14.4 Å². The van der Waals surface area contributed by atoms with Gasteiger partial charge in [-0.15, -0.1) is 0 Å². The average Bonchev–Trinajstić information content (AvgIpc) is 2.66. The number of imide groups is 1. The molecule has 2 aliphatic heterocycles. The Morgan fingerprint density at radius 3 is 2.72 bits per heavy atom. The fourth-order valence-corrected chi connectivity index (χ4v) is 3.43. The molecule has 1 aromatic rings. The van der Waals surface area contributed by atoms with E-state index >= 15 is 0 Å². The monoisotopic (exact) mass is 399 g/mol. The summed E-state index contributed by atoms with van der Waals surface area (Å²) < 4.78 is 5.44. The van der Waals surface area contributed by atoms with Gasteiger partial charge in [0.05, 0.1) is 5.92 Å². The third-order valence-electron chi connectivity index (χ3n) is 5.00. The molecule has 1 aromatic carbocycles. The standard InChI is InChI=1S/C22H29N3O4/c1-22(2,3)29-21(28)25-11-9-15(10-12-25)16-5-4-6-18(13-16)23-14-17-7-8-19(26)24-20(17)27/h4-6,9,13,17,23H,7-8,10-12,14H2,1-3H3,(H,24,26,27). The summed E-state index contributed by atoms with van der Waals surface area (Å²) >= 11 is 0. The van der Waals surface area contributed by atoms with Crippen LogP contribution in [0.5, 0.6) is 0 Å². The number of ether oxygens (including phenoxy) is 1. The summed E-state index contributed by atoms with van der Waals surface area (Å²) in [7, 11) is 0. The van der Waals surface area contributed by atoms with Crippen molar-refractivity contribution >= 4 is 29.2 Å². The molecule has 2 heterocycles. The molecule has 1 fully saturated rings. The first-order valence-electron chi connectivity index (χ1n) is 10.1. The maximum absolute atomic E-state index is 12.2. The number of nitrogens with one attached hydrogen (secondary N) is 2. The molecule has 1 atom stereocenters. The molecular formula is C22H29N3O4. The largest absolute Gasteiger partial charge is 0.444 e. The number of nitrogens with zero attached hydrogens (tertiary/aromatic N) is 1. The van der Waals surface area contributed by atoms with E-state index in [4.69, 9.17) is 4.74 Å². The third-order valence-corrected chi connectivity index (χ3v) is 5.00. The summed E-state index contributed by atoms with van der Waals surface area (Å²) in [4.78, 5) is 37.1. The van der Waals surface area contributed by atoms with Gasteiger partial charge in [-0.05, 0) is 56.9 Å². The normalized spacial score (nSPS) is 20.0. The predicted molar refractivity (Wildman–Crippen MR) is 111 cm³/mol. The number of hydrogen-bond donors (Lipinski definition) is 2. The van der Waals surface area contributed by atoms with Gasteiger partial charge in [-0.3, -0.25) is 14.9 Å². The number of hydrogen-bond acceptors (Lipinski definition) is 5. The van der Waals surface area contributed by atoms with Crippen LogP contribution in [-0.4, -0.2) is 48.0 Å². The number of carbonyl (C=O) groups is 3. The number of benzene rings is 1. The molecular weight excluding hydrogens is 370 g/mol. The van der Waals surface area contributed by atoms with Crippen LogP contribution in [0.2, 0.25) is 0 Å². The van der Waals surface area contributed by atoms with Crippen molar-refractivity contribution < 1.29 is 19.1 Å². The molecule has 3 rings (SSSR count). The number of amides is 3. The molecule has 0 aliphatic carbocycles. The highest BCUT2D eigenvalue weighted by atomic mass is 16.6. The van der Waals surface area contributed by atoms with Gasteiger partial charge in [0.1, 0.15) is 5.60 Å². The van der Waals surface area contributed by atoms with Crippen LogP contribution in [0.1, 0.15) is 45.6 Å². The highest BCUT2D eigenvalue weighted by Crippen LogP contribution is 2.26. The first-order chi connectivity index (χ1) is 13.7. The summed E-state index contributed by atoms with van der Waals surface area (Å²) in [5, 5.41) is 5.69. The van der Waals surface area contributed by atoms with Gasteiger partial charge >= 0.3 is 6.09 Å². The van der Waals surface area contributed by atoms with Crippen LogP contribution in [0.3, 0.4) is 0 Å². The average molecular weight is 399 g/mol. The minimum atomic E-state index is -0.496. The fraction of sp³-hybridized carbons (Fsp3) is 0.500. The third kappa shape index (κ3) is 5.82. The summed E-state index contributed by atoms with van der Waals surface area (Å²) in [6.07, 6.45) is 3.50. The molecule has 0 saturated carbocycles. The van der Waals surface area contributed by atoms with Crippen LogP contribution in [0.4, 0.5) is 10.5 Å². The van der Waals surface area contributed by atoms with E-state index in [-0.39, 0.29) is 23.8 Å². The molecule has 1 unspecified atom stereocenters. The second kappa shape index (κ2) is 8.68. The van der Waals surface area contributed by atoms with Crippen molar-refractivity contribution in [2.75, 3.05) is 25.0 Å². The van der Waals surface area contributed by atoms with Crippen LogP contribution < -0.4 is 10.6 Å². The Hall–Kier alpha value is -2.83. The maximum atomic E-state index is 12.2. The first-order valence-corrected chi connectivity index (χ1v) is 10.1. The Labute approximate surface area is 171 Å². The van der Waals surface area contributed by atoms with Gasteiger partial charge < -0.3 is 15.0 Å². The summed E-state index contributed by atoms with van der Waals surface area (Å²) in [5.74, 6) is -0.604. The number of carbonyl (C=O) groups excluding carboxylic acids is 3.